The number of nitrogens with one attached hydrogen (secondary N) is 1. The van der Waals surface area contributed by atoms with E-state index >= 15 is 0 Å². The Labute approximate surface area is 249 Å². The molecule has 0 atom stereocenters. The molecule has 2 aromatic heterocycles. The Bertz CT molecular complexity index is 1740. The summed E-state index contributed by atoms with van der Waals surface area (Å²) < 4.78 is 69.3. The summed E-state index contributed by atoms with van der Waals surface area (Å²) in [5.74, 6) is -2.45. The van der Waals surface area contributed by atoms with Gasteiger partial charge in [0.15, 0.2) is 5.69 Å². The van der Waals surface area contributed by atoms with Crippen LogP contribution >= 0.6 is 0 Å². The number of hydrogen-bond donors (Lipinski definition) is 1. The smallest absolute Gasteiger partial charge is 0.339 e. The maximum atomic E-state index is 14.5. The van der Waals surface area contributed by atoms with E-state index in [0.29, 0.717) is 41.3 Å². The first-order valence-electron chi connectivity index (χ1n) is 13.9. The molecular formula is C31H27F5N6O2. The highest BCUT2D eigenvalue weighted by atomic mass is 19.4. The third kappa shape index (κ3) is 4.95. The standard InChI is InChI=1S/C31H27F5N6O2/c1-18-12-21(32)13-19(2)27(18)41-17-38-29(44)30(41)7-10-40(11-8-30)28(43)25-15-26(20-4-3-9-37-16-20)42(39-25)22-5-6-23(24(33)14-22)31(34,35)36/h3-6,9,12-16H,7-8,10-11,17H2,1-2H3,(H,38,44). The normalized spacial score (nSPS) is 16.5. The van der Waals surface area contributed by atoms with Crippen molar-refractivity contribution in [2.24, 2.45) is 0 Å². The molecule has 8 nitrogen and oxygen atoms in total. The molecule has 228 valence electrons. The lowest BCUT2D eigenvalue weighted by atomic mass is 9.85. The predicted molar refractivity (Wildman–Crippen MR) is 151 cm³/mol. The van der Waals surface area contributed by atoms with Crippen LogP contribution in [0.1, 0.15) is 40.0 Å². The summed E-state index contributed by atoms with van der Waals surface area (Å²) in [7, 11) is 0. The van der Waals surface area contributed by atoms with E-state index in [4.69, 9.17) is 0 Å². The number of carbonyl (C=O) groups excluding carboxylic acids is 2. The number of pyridine rings is 1. The van der Waals surface area contributed by atoms with E-state index in [1.807, 2.05) is 4.90 Å². The predicted octanol–water partition coefficient (Wildman–Crippen LogP) is 5.42. The number of benzene rings is 2. The Morgan fingerprint density at radius 3 is 2.32 bits per heavy atom. The highest BCUT2D eigenvalue weighted by Gasteiger charge is 2.51. The maximum Gasteiger partial charge on any atom is 0.419 e. The molecule has 0 saturated carbocycles. The summed E-state index contributed by atoms with van der Waals surface area (Å²) in [6, 6.07) is 10.1. The average molecular weight is 611 g/mol. The lowest BCUT2D eigenvalue weighted by Gasteiger charge is -2.44. The maximum absolute atomic E-state index is 14.5. The minimum Gasteiger partial charge on any atom is -0.339 e. The molecule has 1 spiro atoms. The largest absolute Gasteiger partial charge is 0.419 e. The fraction of sp³-hybridized carbons (Fsp3) is 0.290. The summed E-state index contributed by atoms with van der Waals surface area (Å²) in [6.07, 6.45) is -1.22. The quantitative estimate of drug-likeness (QED) is 0.313. The lowest BCUT2D eigenvalue weighted by Crippen LogP contribution is -2.57. The number of piperidine rings is 1. The van der Waals surface area contributed by atoms with Gasteiger partial charge < -0.3 is 15.1 Å². The summed E-state index contributed by atoms with van der Waals surface area (Å²) in [5, 5.41) is 7.29. The molecule has 4 aromatic rings. The first kappa shape index (κ1) is 29.3. The first-order valence-corrected chi connectivity index (χ1v) is 13.9. The van der Waals surface area contributed by atoms with Crippen molar-refractivity contribution in [3.8, 4) is 16.9 Å². The molecular weight excluding hydrogens is 583 g/mol. The van der Waals surface area contributed by atoms with Gasteiger partial charge in [0.05, 0.1) is 23.6 Å². The lowest BCUT2D eigenvalue weighted by molar-refractivity contribution is -0.140. The van der Waals surface area contributed by atoms with Crippen molar-refractivity contribution in [1.29, 1.82) is 0 Å². The minimum atomic E-state index is -4.87. The molecule has 0 aliphatic carbocycles. The molecule has 0 unspecified atom stereocenters. The average Bonchev–Trinajstić information content (AvgIpc) is 3.55. The zero-order valence-corrected chi connectivity index (χ0v) is 23.8. The topological polar surface area (TPSA) is 83.4 Å². The number of likely N-dealkylation sites (tertiary alicyclic amines) is 1. The van der Waals surface area contributed by atoms with Crippen LogP contribution in [0.5, 0.6) is 0 Å². The molecule has 13 heteroatoms. The van der Waals surface area contributed by atoms with E-state index in [1.54, 1.807) is 30.9 Å². The number of alkyl halides is 3. The van der Waals surface area contributed by atoms with E-state index in [1.165, 1.54) is 35.3 Å². The molecule has 0 bridgehead atoms. The molecule has 2 aliphatic rings. The summed E-state index contributed by atoms with van der Waals surface area (Å²) in [4.78, 5) is 34.5. The summed E-state index contributed by atoms with van der Waals surface area (Å²) >= 11 is 0. The van der Waals surface area contributed by atoms with Crippen LogP contribution in [0.25, 0.3) is 16.9 Å². The Morgan fingerprint density at radius 1 is 1.00 bits per heavy atom. The molecule has 2 amide bonds. The molecule has 2 fully saturated rings. The van der Waals surface area contributed by atoms with Crippen LogP contribution in [0.3, 0.4) is 0 Å². The zero-order chi connectivity index (χ0) is 31.4. The molecule has 44 heavy (non-hydrogen) atoms. The van der Waals surface area contributed by atoms with Gasteiger partial charge in [0.25, 0.3) is 5.91 Å². The number of aryl methyl sites for hydroxylation is 2. The van der Waals surface area contributed by atoms with Gasteiger partial charge in [0.2, 0.25) is 5.91 Å². The summed E-state index contributed by atoms with van der Waals surface area (Å²) in [5.41, 5.74) is 0.668. The highest BCUT2D eigenvalue weighted by Crippen LogP contribution is 2.40. The van der Waals surface area contributed by atoms with Crippen molar-refractivity contribution in [3.05, 3.63) is 94.9 Å². The second-order valence-electron chi connectivity index (χ2n) is 11.0. The van der Waals surface area contributed by atoms with Crippen LogP contribution < -0.4 is 10.2 Å². The van der Waals surface area contributed by atoms with E-state index in [2.05, 4.69) is 15.4 Å². The van der Waals surface area contributed by atoms with Gasteiger partial charge in [-0.15, -0.1) is 0 Å². The third-order valence-corrected chi connectivity index (χ3v) is 8.33. The van der Waals surface area contributed by atoms with Gasteiger partial charge in [-0.2, -0.15) is 18.3 Å². The van der Waals surface area contributed by atoms with Crippen molar-refractivity contribution in [2.45, 2.75) is 38.4 Å². The number of anilines is 1. The Kier molecular flexibility index (Phi) is 7.13. The summed E-state index contributed by atoms with van der Waals surface area (Å²) in [6.45, 7) is 4.26. The first-order chi connectivity index (χ1) is 20.9. The molecule has 0 radical (unpaired) electrons. The highest BCUT2D eigenvalue weighted by molar-refractivity contribution is 5.96. The van der Waals surface area contributed by atoms with E-state index in [9.17, 15) is 31.5 Å². The molecule has 2 saturated heterocycles. The molecule has 4 heterocycles. The van der Waals surface area contributed by atoms with Gasteiger partial charge in [-0.3, -0.25) is 14.6 Å². The van der Waals surface area contributed by atoms with Gasteiger partial charge in [0.1, 0.15) is 17.2 Å². The van der Waals surface area contributed by atoms with Crippen LogP contribution in [0, 0.1) is 25.5 Å². The molecule has 2 aliphatic heterocycles. The van der Waals surface area contributed by atoms with Gasteiger partial charge in [0, 0.05) is 42.8 Å². The van der Waals surface area contributed by atoms with Crippen molar-refractivity contribution in [3.63, 3.8) is 0 Å². The van der Waals surface area contributed by atoms with E-state index in [-0.39, 0.29) is 42.9 Å². The van der Waals surface area contributed by atoms with Gasteiger partial charge in [-0.05, 0) is 80.3 Å². The van der Waals surface area contributed by atoms with Crippen LogP contribution in [-0.2, 0) is 11.0 Å². The number of amides is 2. The Hall–Kier alpha value is -4.81. The number of carbonyl (C=O) groups is 2. The number of nitrogens with zero attached hydrogens (tertiary/aromatic N) is 5. The number of hydrogen-bond acceptors (Lipinski definition) is 5. The van der Waals surface area contributed by atoms with Crippen molar-refractivity contribution >= 4 is 17.5 Å². The van der Waals surface area contributed by atoms with Crippen LogP contribution in [0.15, 0.2) is 60.9 Å². The van der Waals surface area contributed by atoms with Crippen molar-refractivity contribution < 1.29 is 31.5 Å². The van der Waals surface area contributed by atoms with Crippen molar-refractivity contribution in [2.75, 3.05) is 24.7 Å². The van der Waals surface area contributed by atoms with Crippen LogP contribution in [0.2, 0.25) is 0 Å². The second kappa shape index (κ2) is 10.7. The van der Waals surface area contributed by atoms with Crippen LogP contribution in [-0.4, -0.2) is 56.8 Å². The fourth-order valence-corrected chi connectivity index (χ4v) is 6.22. The molecule has 1 N–H and O–H groups in total. The van der Waals surface area contributed by atoms with Gasteiger partial charge in [-0.25, -0.2) is 13.5 Å². The SMILES string of the molecule is Cc1cc(F)cc(C)c1N1CNC(=O)C12CCN(C(=O)c1cc(-c3cccnc3)n(-c3ccc(C(F)(F)F)c(F)c3)n1)CC2. The third-order valence-electron chi connectivity index (χ3n) is 8.33. The number of aromatic nitrogens is 3. The van der Waals surface area contributed by atoms with E-state index < -0.39 is 29.0 Å². The Morgan fingerprint density at radius 2 is 1.70 bits per heavy atom. The molecule has 2 aromatic carbocycles. The van der Waals surface area contributed by atoms with Gasteiger partial charge in [-0.1, -0.05) is 0 Å². The monoisotopic (exact) mass is 610 g/mol. The zero-order valence-electron chi connectivity index (χ0n) is 23.8. The number of halogens is 5. The van der Waals surface area contributed by atoms with Crippen LogP contribution in [0.4, 0.5) is 27.6 Å². The number of rotatable bonds is 4. The second-order valence-corrected chi connectivity index (χ2v) is 11.0. The van der Waals surface area contributed by atoms with E-state index in [0.717, 1.165) is 17.8 Å². The molecule has 6 rings (SSSR count). The fourth-order valence-electron chi connectivity index (χ4n) is 6.22. The Balaban J connectivity index is 1.30. The van der Waals surface area contributed by atoms with Gasteiger partial charge >= 0.3 is 6.18 Å². The minimum absolute atomic E-state index is 0.00179. The van der Waals surface area contributed by atoms with Crippen molar-refractivity contribution in [1.82, 2.24) is 25.0 Å².